The Labute approximate surface area is 94.5 Å². The van der Waals surface area contributed by atoms with Crippen LogP contribution in [0.1, 0.15) is 36.2 Å². The molecule has 86 valence electrons. The van der Waals surface area contributed by atoms with E-state index in [1.165, 1.54) is 32.0 Å². The Kier molecular flexibility index (Phi) is 3.34. The topological polar surface area (TPSA) is 80.9 Å². The molecule has 0 atom stereocenters. The zero-order valence-corrected chi connectivity index (χ0v) is 9.15. The molecule has 1 heterocycles. The zero-order valence-electron chi connectivity index (χ0n) is 9.15. The standard InChI is InChI=1S/C11H16N4O/c12-11(16)9-5-10(15-7-14-9)13-6-8-3-1-2-4-8/h5,7-8H,1-4,6H2,(H2,12,16)(H,13,14,15). The number of carbonyl (C=O) groups is 1. The SMILES string of the molecule is NC(=O)c1cc(NCC2CCCC2)ncn1. The van der Waals surface area contributed by atoms with Crippen molar-refractivity contribution in [2.24, 2.45) is 11.7 Å². The smallest absolute Gasteiger partial charge is 0.267 e. The van der Waals surface area contributed by atoms with Gasteiger partial charge in [-0.25, -0.2) is 9.97 Å². The molecule has 1 aliphatic rings. The van der Waals surface area contributed by atoms with Crippen LogP contribution in [0.25, 0.3) is 0 Å². The molecule has 0 bridgehead atoms. The van der Waals surface area contributed by atoms with Gasteiger partial charge in [0, 0.05) is 12.6 Å². The van der Waals surface area contributed by atoms with Crippen LogP contribution >= 0.6 is 0 Å². The van der Waals surface area contributed by atoms with Gasteiger partial charge >= 0.3 is 0 Å². The molecule has 1 fully saturated rings. The van der Waals surface area contributed by atoms with Crippen LogP contribution in [0, 0.1) is 5.92 Å². The van der Waals surface area contributed by atoms with Crippen LogP contribution in [-0.2, 0) is 0 Å². The third-order valence-electron chi connectivity index (χ3n) is 2.97. The van der Waals surface area contributed by atoms with Gasteiger partial charge in [-0.05, 0) is 18.8 Å². The monoisotopic (exact) mass is 220 g/mol. The van der Waals surface area contributed by atoms with Crippen molar-refractivity contribution >= 4 is 11.7 Å². The predicted octanol–water partition coefficient (Wildman–Crippen LogP) is 1.18. The molecule has 0 radical (unpaired) electrons. The van der Waals surface area contributed by atoms with E-state index < -0.39 is 5.91 Å². The van der Waals surface area contributed by atoms with Gasteiger partial charge in [0.05, 0.1) is 0 Å². The van der Waals surface area contributed by atoms with Crippen molar-refractivity contribution < 1.29 is 4.79 Å². The molecular weight excluding hydrogens is 204 g/mol. The van der Waals surface area contributed by atoms with Crippen LogP contribution in [0.15, 0.2) is 12.4 Å². The third kappa shape index (κ3) is 2.68. The number of carbonyl (C=O) groups excluding carboxylic acids is 1. The van der Waals surface area contributed by atoms with E-state index >= 15 is 0 Å². The van der Waals surface area contributed by atoms with Gasteiger partial charge in [-0.3, -0.25) is 4.79 Å². The highest BCUT2D eigenvalue weighted by atomic mass is 16.1. The summed E-state index contributed by atoms with van der Waals surface area (Å²) in [6, 6.07) is 1.59. The lowest BCUT2D eigenvalue weighted by Gasteiger charge is -2.10. The molecule has 1 aromatic rings. The zero-order chi connectivity index (χ0) is 11.4. The highest BCUT2D eigenvalue weighted by Gasteiger charge is 2.14. The number of hydrogen-bond acceptors (Lipinski definition) is 4. The summed E-state index contributed by atoms with van der Waals surface area (Å²) in [5, 5.41) is 3.22. The summed E-state index contributed by atoms with van der Waals surface area (Å²) < 4.78 is 0. The van der Waals surface area contributed by atoms with Crippen molar-refractivity contribution in [2.45, 2.75) is 25.7 Å². The molecular formula is C11H16N4O. The highest BCUT2D eigenvalue weighted by molar-refractivity contribution is 5.91. The minimum atomic E-state index is -0.522. The van der Waals surface area contributed by atoms with E-state index in [0.29, 0.717) is 5.82 Å². The number of rotatable bonds is 4. The largest absolute Gasteiger partial charge is 0.370 e. The fraction of sp³-hybridized carbons (Fsp3) is 0.545. The molecule has 3 N–H and O–H groups in total. The van der Waals surface area contributed by atoms with E-state index in [0.717, 1.165) is 12.5 Å². The highest BCUT2D eigenvalue weighted by Crippen LogP contribution is 2.24. The average molecular weight is 220 g/mol. The lowest BCUT2D eigenvalue weighted by Crippen LogP contribution is -2.16. The maximum absolute atomic E-state index is 10.9. The molecule has 5 heteroatoms. The quantitative estimate of drug-likeness (QED) is 0.798. The summed E-state index contributed by atoms with van der Waals surface area (Å²) in [7, 11) is 0. The van der Waals surface area contributed by atoms with E-state index in [2.05, 4.69) is 15.3 Å². The molecule has 1 aliphatic carbocycles. The normalized spacial score (nSPS) is 16.2. The lowest BCUT2D eigenvalue weighted by molar-refractivity contribution is 0.0995. The van der Waals surface area contributed by atoms with Crippen molar-refractivity contribution in [3.05, 3.63) is 18.1 Å². The molecule has 0 saturated heterocycles. The van der Waals surface area contributed by atoms with Crippen LogP contribution in [0.3, 0.4) is 0 Å². The van der Waals surface area contributed by atoms with E-state index in [4.69, 9.17) is 5.73 Å². The fourth-order valence-electron chi connectivity index (χ4n) is 2.05. The Morgan fingerprint density at radius 3 is 2.88 bits per heavy atom. The number of nitrogens with two attached hydrogens (primary N) is 1. The average Bonchev–Trinajstić information content (AvgIpc) is 2.79. The molecule has 2 rings (SSSR count). The first-order valence-corrected chi connectivity index (χ1v) is 5.61. The summed E-state index contributed by atoms with van der Waals surface area (Å²) in [6.07, 6.45) is 6.56. The second kappa shape index (κ2) is 4.92. The Morgan fingerprint density at radius 1 is 1.44 bits per heavy atom. The Morgan fingerprint density at radius 2 is 2.19 bits per heavy atom. The second-order valence-electron chi connectivity index (χ2n) is 4.18. The number of nitrogens with one attached hydrogen (secondary N) is 1. The van der Waals surface area contributed by atoms with E-state index in [1.807, 2.05) is 0 Å². The van der Waals surface area contributed by atoms with Crippen molar-refractivity contribution in [3.8, 4) is 0 Å². The number of anilines is 1. The van der Waals surface area contributed by atoms with Crippen molar-refractivity contribution in [3.63, 3.8) is 0 Å². The molecule has 1 saturated carbocycles. The summed E-state index contributed by atoms with van der Waals surface area (Å²) in [5.74, 6) is 0.883. The minimum absolute atomic E-state index is 0.254. The Bertz CT molecular complexity index is 374. The molecule has 1 amide bonds. The van der Waals surface area contributed by atoms with Gasteiger partial charge in [0.15, 0.2) is 0 Å². The van der Waals surface area contributed by atoms with Crippen molar-refractivity contribution in [2.75, 3.05) is 11.9 Å². The molecule has 0 aromatic carbocycles. The van der Waals surface area contributed by atoms with Gasteiger partial charge < -0.3 is 11.1 Å². The number of primary amides is 1. The van der Waals surface area contributed by atoms with Crippen LogP contribution in [-0.4, -0.2) is 22.4 Å². The lowest BCUT2D eigenvalue weighted by atomic mass is 10.1. The fourth-order valence-corrected chi connectivity index (χ4v) is 2.05. The third-order valence-corrected chi connectivity index (χ3v) is 2.97. The molecule has 0 spiro atoms. The first-order valence-electron chi connectivity index (χ1n) is 5.61. The van der Waals surface area contributed by atoms with E-state index in [1.54, 1.807) is 6.07 Å². The predicted molar refractivity (Wildman–Crippen MR) is 61.0 cm³/mol. The van der Waals surface area contributed by atoms with Gasteiger partial charge in [0.2, 0.25) is 0 Å². The van der Waals surface area contributed by atoms with Crippen molar-refractivity contribution in [1.29, 1.82) is 0 Å². The van der Waals surface area contributed by atoms with Gasteiger partial charge in [0.25, 0.3) is 5.91 Å². The molecule has 5 nitrogen and oxygen atoms in total. The molecule has 1 aromatic heterocycles. The molecule has 16 heavy (non-hydrogen) atoms. The summed E-state index contributed by atoms with van der Waals surface area (Å²) in [6.45, 7) is 0.912. The summed E-state index contributed by atoms with van der Waals surface area (Å²) in [4.78, 5) is 18.8. The second-order valence-corrected chi connectivity index (χ2v) is 4.18. The van der Waals surface area contributed by atoms with Crippen LogP contribution in [0.2, 0.25) is 0 Å². The number of amides is 1. The molecule has 0 unspecified atom stereocenters. The van der Waals surface area contributed by atoms with E-state index in [-0.39, 0.29) is 5.69 Å². The number of nitrogens with zero attached hydrogens (tertiary/aromatic N) is 2. The van der Waals surface area contributed by atoms with Crippen LogP contribution < -0.4 is 11.1 Å². The maximum atomic E-state index is 10.9. The number of aromatic nitrogens is 2. The van der Waals surface area contributed by atoms with Gasteiger partial charge in [0.1, 0.15) is 17.8 Å². The first kappa shape index (κ1) is 10.9. The van der Waals surface area contributed by atoms with Crippen molar-refractivity contribution in [1.82, 2.24) is 9.97 Å². The Balaban J connectivity index is 1.93. The van der Waals surface area contributed by atoms with E-state index in [9.17, 15) is 4.79 Å². The van der Waals surface area contributed by atoms with Crippen LogP contribution in [0.4, 0.5) is 5.82 Å². The maximum Gasteiger partial charge on any atom is 0.267 e. The summed E-state index contributed by atoms with van der Waals surface area (Å²) in [5.41, 5.74) is 5.40. The van der Waals surface area contributed by atoms with Gasteiger partial charge in [-0.2, -0.15) is 0 Å². The number of hydrogen-bond donors (Lipinski definition) is 2. The van der Waals surface area contributed by atoms with Gasteiger partial charge in [-0.15, -0.1) is 0 Å². The first-order chi connectivity index (χ1) is 7.75. The van der Waals surface area contributed by atoms with Crippen LogP contribution in [0.5, 0.6) is 0 Å². The Hall–Kier alpha value is -1.65. The van der Waals surface area contributed by atoms with Gasteiger partial charge in [-0.1, -0.05) is 12.8 Å². The minimum Gasteiger partial charge on any atom is -0.370 e. The summed E-state index contributed by atoms with van der Waals surface area (Å²) >= 11 is 0. The molecule has 0 aliphatic heterocycles.